The van der Waals surface area contributed by atoms with E-state index in [0.29, 0.717) is 11.1 Å². The Morgan fingerprint density at radius 2 is 1.64 bits per heavy atom. The van der Waals surface area contributed by atoms with E-state index in [1.807, 2.05) is 0 Å². The lowest BCUT2D eigenvalue weighted by atomic mass is 9.71. The molecule has 2 N–H and O–H groups in total. The lowest BCUT2D eigenvalue weighted by molar-refractivity contribution is -0.142. The summed E-state index contributed by atoms with van der Waals surface area (Å²) in [6.07, 6.45) is 5.51. The first-order chi connectivity index (χ1) is 13.3. The molecule has 0 spiro atoms. The number of hydrogen-bond acceptors (Lipinski definition) is 4. The molecule has 0 radical (unpaired) electrons. The van der Waals surface area contributed by atoms with Crippen molar-refractivity contribution in [1.82, 2.24) is 5.32 Å². The fourth-order valence-corrected chi connectivity index (χ4v) is 3.72. The molecule has 0 bridgehead atoms. The predicted molar refractivity (Wildman–Crippen MR) is 103 cm³/mol. The maximum absolute atomic E-state index is 12.8. The van der Waals surface area contributed by atoms with E-state index in [4.69, 9.17) is 5.11 Å². The zero-order valence-corrected chi connectivity index (χ0v) is 15.8. The lowest BCUT2D eigenvalue weighted by Gasteiger charge is -2.29. The van der Waals surface area contributed by atoms with Crippen molar-refractivity contribution < 1.29 is 24.3 Å². The van der Waals surface area contributed by atoms with Crippen LogP contribution >= 0.6 is 0 Å². The average Bonchev–Trinajstić information content (AvgIpc) is 2.69. The van der Waals surface area contributed by atoms with Gasteiger partial charge >= 0.3 is 5.97 Å². The van der Waals surface area contributed by atoms with Gasteiger partial charge in [0.2, 0.25) is 5.91 Å². The summed E-state index contributed by atoms with van der Waals surface area (Å²) < 4.78 is 0. The summed E-state index contributed by atoms with van der Waals surface area (Å²) in [5, 5.41) is 11.8. The number of ketones is 2. The molecular weight excluding hydrogens is 358 g/mol. The molecule has 2 aliphatic rings. The van der Waals surface area contributed by atoms with Crippen LogP contribution in [0.4, 0.5) is 0 Å². The molecule has 4 atom stereocenters. The number of carbonyl (C=O) groups excluding carboxylic acids is 3. The molecule has 146 valence electrons. The van der Waals surface area contributed by atoms with Crippen LogP contribution in [0.5, 0.6) is 0 Å². The number of fused-ring (bicyclic) bond motifs is 2. The standard InChI is InChI=1S/C22H23NO5/c1-12(9-13(2)22(27)28)21(26)23-11-14-7-8-17-18(10-14)20(25)16-6-4-3-5-15(16)19(17)24/h3-8,10,12-13,17-18H,9,11H2,1-2H3,(H,23,26)(H,27,28). The van der Waals surface area contributed by atoms with E-state index in [9.17, 15) is 19.2 Å². The summed E-state index contributed by atoms with van der Waals surface area (Å²) in [6, 6.07) is 6.84. The van der Waals surface area contributed by atoms with Gasteiger partial charge in [0, 0.05) is 23.6 Å². The first-order valence-electron chi connectivity index (χ1n) is 9.36. The molecule has 1 aromatic carbocycles. The minimum Gasteiger partial charge on any atom is -0.481 e. The highest BCUT2D eigenvalue weighted by molar-refractivity contribution is 6.17. The fraction of sp³-hybridized carbons (Fsp3) is 0.364. The van der Waals surface area contributed by atoms with E-state index in [1.165, 1.54) is 0 Å². The highest BCUT2D eigenvalue weighted by Crippen LogP contribution is 2.35. The third kappa shape index (κ3) is 3.81. The largest absolute Gasteiger partial charge is 0.481 e. The maximum Gasteiger partial charge on any atom is 0.306 e. The molecule has 4 unspecified atom stereocenters. The predicted octanol–water partition coefficient (Wildman–Crippen LogP) is 2.66. The second-order valence-corrected chi connectivity index (χ2v) is 7.52. The van der Waals surface area contributed by atoms with E-state index < -0.39 is 29.6 Å². The molecule has 28 heavy (non-hydrogen) atoms. The normalized spacial score (nSPS) is 22.6. The molecule has 0 fully saturated rings. The number of benzene rings is 1. The summed E-state index contributed by atoms with van der Waals surface area (Å²) in [7, 11) is 0. The second kappa shape index (κ2) is 7.92. The van der Waals surface area contributed by atoms with Crippen LogP contribution in [0, 0.1) is 23.7 Å². The minimum atomic E-state index is -0.927. The van der Waals surface area contributed by atoms with Crippen LogP contribution in [-0.4, -0.2) is 35.1 Å². The van der Waals surface area contributed by atoms with Gasteiger partial charge in [-0.05, 0) is 12.0 Å². The van der Waals surface area contributed by atoms with Gasteiger partial charge in [-0.2, -0.15) is 0 Å². The summed E-state index contributed by atoms with van der Waals surface area (Å²) in [5.74, 6) is -3.40. The number of allylic oxidation sites excluding steroid dienone is 2. The first-order valence-corrected chi connectivity index (χ1v) is 9.36. The van der Waals surface area contributed by atoms with Crippen molar-refractivity contribution in [3.8, 4) is 0 Å². The Morgan fingerprint density at radius 1 is 1.04 bits per heavy atom. The Bertz CT molecular complexity index is 898. The molecular formula is C22H23NO5. The van der Waals surface area contributed by atoms with Crippen molar-refractivity contribution in [2.75, 3.05) is 6.54 Å². The van der Waals surface area contributed by atoms with Gasteiger partial charge in [-0.15, -0.1) is 0 Å². The number of nitrogens with one attached hydrogen (secondary N) is 1. The second-order valence-electron chi connectivity index (χ2n) is 7.52. The van der Waals surface area contributed by atoms with E-state index in [-0.39, 0.29) is 30.4 Å². The Morgan fingerprint density at radius 3 is 2.25 bits per heavy atom. The van der Waals surface area contributed by atoms with Crippen LogP contribution in [0.1, 0.15) is 41.0 Å². The monoisotopic (exact) mass is 381 g/mol. The van der Waals surface area contributed by atoms with Crippen molar-refractivity contribution >= 4 is 23.4 Å². The number of rotatable bonds is 6. The van der Waals surface area contributed by atoms with Crippen LogP contribution in [0.15, 0.2) is 48.1 Å². The molecule has 1 amide bonds. The summed E-state index contributed by atoms with van der Waals surface area (Å²) in [5.41, 5.74) is 1.67. The number of aliphatic carboxylic acids is 1. The Labute approximate surface area is 163 Å². The molecule has 0 saturated heterocycles. The van der Waals surface area contributed by atoms with Crippen molar-refractivity contribution in [2.24, 2.45) is 23.7 Å². The van der Waals surface area contributed by atoms with Crippen LogP contribution in [0.25, 0.3) is 0 Å². The average molecular weight is 381 g/mol. The van der Waals surface area contributed by atoms with Crippen molar-refractivity contribution in [3.05, 3.63) is 59.2 Å². The maximum atomic E-state index is 12.8. The molecule has 0 heterocycles. The summed E-state index contributed by atoms with van der Waals surface area (Å²) in [4.78, 5) is 48.6. The van der Waals surface area contributed by atoms with Crippen molar-refractivity contribution in [3.63, 3.8) is 0 Å². The zero-order chi connectivity index (χ0) is 20.4. The van der Waals surface area contributed by atoms with Gasteiger partial charge in [0.25, 0.3) is 0 Å². The molecule has 3 rings (SSSR count). The van der Waals surface area contributed by atoms with Crippen molar-refractivity contribution in [2.45, 2.75) is 20.3 Å². The quantitative estimate of drug-likeness (QED) is 0.789. The number of carboxylic acids is 1. The summed E-state index contributed by atoms with van der Waals surface area (Å²) in [6.45, 7) is 3.49. The number of carboxylic acid groups (broad SMARTS) is 1. The Balaban J connectivity index is 1.67. The smallest absolute Gasteiger partial charge is 0.306 e. The lowest BCUT2D eigenvalue weighted by Crippen LogP contribution is -2.37. The minimum absolute atomic E-state index is 0.0629. The van der Waals surface area contributed by atoms with Crippen LogP contribution in [0.2, 0.25) is 0 Å². The van der Waals surface area contributed by atoms with Gasteiger partial charge in [-0.25, -0.2) is 0 Å². The van der Waals surface area contributed by atoms with E-state index in [2.05, 4.69) is 5.32 Å². The van der Waals surface area contributed by atoms with Gasteiger partial charge in [-0.3, -0.25) is 19.2 Å². The van der Waals surface area contributed by atoms with Crippen LogP contribution in [0.3, 0.4) is 0 Å². The number of carbonyl (C=O) groups is 4. The molecule has 0 aliphatic heterocycles. The summed E-state index contributed by atoms with van der Waals surface area (Å²) >= 11 is 0. The SMILES string of the molecule is CC(CC(C)C(=O)NCC1=CC2C(=O)c3ccccc3C(=O)C2C=C1)C(=O)O. The molecule has 6 nitrogen and oxygen atoms in total. The number of hydrogen-bond donors (Lipinski definition) is 2. The zero-order valence-electron chi connectivity index (χ0n) is 15.8. The van der Waals surface area contributed by atoms with Gasteiger partial charge < -0.3 is 10.4 Å². The van der Waals surface area contributed by atoms with Crippen LogP contribution in [-0.2, 0) is 9.59 Å². The van der Waals surface area contributed by atoms with E-state index >= 15 is 0 Å². The van der Waals surface area contributed by atoms with Crippen LogP contribution < -0.4 is 5.32 Å². The Kier molecular flexibility index (Phi) is 5.58. The first kappa shape index (κ1) is 19.7. The molecule has 0 aromatic heterocycles. The van der Waals surface area contributed by atoms with Crippen molar-refractivity contribution in [1.29, 1.82) is 0 Å². The highest BCUT2D eigenvalue weighted by atomic mass is 16.4. The third-order valence-corrected chi connectivity index (χ3v) is 5.40. The molecule has 6 heteroatoms. The van der Waals surface area contributed by atoms with E-state index in [0.717, 1.165) is 5.57 Å². The fourth-order valence-electron chi connectivity index (χ4n) is 3.72. The van der Waals surface area contributed by atoms with Gasteiger partial charge in [0.1, 0.15) is 0 Å². The highest BCUT2D eigenvalue weighted by Gasteiger charge is 2.40. The molecule has 0 saturated carbocycles. The number of amides is 1. The third-order valence-electron chi connectivity index (χ3n) is 5.40. The number of Topliss-reactive ketones (excluding diaryl/α,β-unsaturated/α-hetero) is 2. The van der Waals surface area contributed by atoms with E-state index in [1.54, 1.807) is 56.3 Å². The van der Waals surface area contributed by atoms with Gasteiger partial charge in [0.05, 0.1) is 17.8 Å². The molecule has 2 aliphatic carbocycles. The van der Waals surface area contributed by atoms with Gasteiger partial charge in [0.15, 0.2) is 11.6 Å². The molecule has 1 aromatic rings. The Hall–Kier alpha value is -3.02. The van der Waals surface area contributed by atoms with Gasteiger partial charge in [-0.1, -0.05) is 56.3 Å². The topological polar surface area (TPSA) is 101 Å².